The molecule has 3 aromatic rings. The molecule has 1 unspecified atom stereocenters. The lowest BCUT2D eigenvalue weighted by Gasteiger charge is -2.36. The highest BCUT2D eigenvalue weighted by atomic mass is 35.5. The quantitative estimate of drug-likeness (QED) is 0.507. The third kappa shape index (κ3) is 5.75. The van der Waals surface area contributed by atoms with E-state index in [1.54, 1.807) is 18.3 Å². The van der Waals surface area contributed by atoms with Crippen LogP contribution in [-0.4, -0.2) is 82.4 Å². The topological polar surface area (TPSA) is 99.0 Å². The van der Waals surface area contributed by atoms with Crippen LogP contribution in [-0.2, 0) is 16.0 Å². The molecule has 1 saturated heterocycles. The highest BCUT2D eigenvalue weighted by Gasteiger charge is 2.30. The lowest BCUT2D eigenvalue weighted by Crippen LogP contribution is -2.53. The number of aliphatic hydroxyl groups is 1. The fraction of sp³-hybridized carbons (Fsp3) is 0.308. The van der Waals surface area contributed by atoms with Crippen molar-refractivity contribution in [2.24, 2.45) is 0 Å². The van der Waals surface area contributed by atoms with Gasteiger partial charge in [-0.2, -0.15) is 9.78 Å². The lowest BCUT2D eigenvalue weighted by atomic mass is 10.1. The molecule has 0 saturated carbocycles. The van der Waals surface area contributed by atoms with Crippen LogP contribution in [0.5, 0.6) is 0 Å². The maximum Gasteiger partial charge on any atom is 0.312 e. The summed E-state index contributed by atoms with van der Waals surface area (Å²) in [5, 5.41) is 14.7. The van der Waals surface area contributed by atoms with E-state index in [-0.39, 0.29) is 11.6 Å². The summed E-state index contributed by atoms with van der Waals surface area (Å²) in [6, 6.07) is 18.5. The normalized spacial score (nSPS) is 14.4. The first-order chi connectivity index (χ1) is 17.3. The van der Waals surface area contributed by atoms with Crippen LogP contribution in [0.3, 0.4) is 0 Å². The molecule has 0 radical (unpaired) electrons. The summed E-state index contributed by atoms with van der Waals surface area (Å²) < 4.78 is 1.24. The molecule has 2 heterocycles. The number of anilines is 1. The summed E-state index contributed by atoms with van der Waals surface area (Å²) in [6.45, 7) is 1.44. The van der Waals surface area contributed by atoms with Crippen molar-refractivity contribution in [3.63, 3.8) is 0 Å². The zero-order chi connectivity index (χ0) is 25.7. The third-order valence-corrected chi connectivity index (χ3v) is 6.49. The fourth-order valence-electron chi connectivity index (χ4n) is 4.20. The first kappa shape index (κ1) is 25.4. The van der Waals surface area contributed by atoms with Crippen LogP contribution in [0.4, 0.5) is 5.69 Å². The first-order valence-electron chi connectivity index (χ1n) is 11.7. The van der Waals surface area contributed by atoms with Crippen LogP contribution in [0.25, 0.3) is 5.69 Å². The second kappa shape index (κ2) is 11.4. The molecule has 1 fully saturated rings. The number of likely N-dealkylation sites (N-methyl/N-ethyl adjacent to an activating group) is 1. The number of amides is 2. The van der Waals surface area contributed by atoms with Gasteiger partial charge < -0.3 is 19.8 Å². The minimum atomic E-state index is -0.779. The number of carbonyl (C=O) groups is 2. The Morgan fingerprint density at radius 1 is 1.03 bits per heavy atom. The molecule has 2 aromatic carbocycles. The van der Waals surface area contributed by atoms with Crippen LogP contribution < -0.4 is 10.5 Å². The molecular weight excluding hydrogens is 482 g/mol. The number of aromatic nitrogens is 2. The van der Waals surface area contributed by atoms with Gasteiger partial charge in [-0.1, -0.05) is 60.1 Å². The Morgan fingerprint density at radius 2 is 1.64 bits per heavy atom. The van der Waals surface area contributed by atoms with Gasteiger partial charge in [0, 0.05) is 46.2 Å². The van der Waals surface area contributed by atoms with E-state index in [9.17, 15) is 19.5 Å². The summed E-state index contributed by atoms with van der Waals surface area (Å²) in [5.74, 6) is -1.28. The van der Waals surface area contributed by atoms with Gasteiger partial charge in [0.1, 0.15) is 5.02 Å². The van der Waals surface area contributed by atoms with Gasteiger partial charge in [0.25, 0.3) is 5.56 Å². The molecule has 1 aromatic heterocycles. The lowest BCUT2D eigenvalue weighted by molar-refractivity contribution is -0.151. The van der Waals surface area contributed by atoms with E-state index in [0.717, 1.165) is 5.56 Å². The van der Waals surface area contributed by atoms with Crippen molar-refractivity contribution >= 4 is 29.1 Å². The molecule has 9 nitrogen and oxygen atoms in total. The van der Waals surface area contributed by atoms with Crippen molar-refractivity contribution in [2.75, 3.05) is 44.7 Å². The van der Waals surface area contributed by atoms with Gasteiger partial charge in [-0.3, -0.25) is 14.4 Å². The maximum absolute atomic E-state index is 12.8. The Balaban J connectivity index is 1.33. The van der Waals surface area contributed by atoms with Crippen molar-refractivity contribution in [1.82, 2.24) is 19.6 Å². The number of benzene rings is 2. The number of hydrogen-bond acceptors (Lipinski definition) is 6. The molecule has 1 N–H and O–H groups in total. The zero-order valence-electron chi connectivity index (χ0n) is 20.0. The Labute approximate surface area is 214 Å². The number of piperazine rings is 1. The van der Waals surface area contributed by atoms with Crippen molar-refractivity contribution in [3.05, 3.63) is 87.8 Å². The molecule has 0 spiro atoms. The van der Waals surface area contributed by atoms with E-state index in [1.165, 1.54) is 21.5 Å². The highest BCUT2D eigenvalue weighted by Crippen LogP contribution is 2.23. The van der Waals surface area contributed by atoms with Crippen molar-refractivity contribution in [3.8, 4) is 5.69 Å². The number of rotatable bonds is 6. The van der Waals surface area contributed by atoms with E-state index >= 15 is 0 Å². The predicted octanol–water partition coefficient (Wildman–Crippen LogP) is 1.60. The van der Waals surface area contributed by atoms with Crippen LogP contribution in [0.2, 0.25) is 5.02 Å². The van der Waals surface area contributed by atoms with Crippen LogP contribution in [0, 0.1) is 0 Å². The Kier molecular flexibility index (Phi) is 8.02. The summed E-state index contributed by atoms with van der Waals surface area (Å²) in [4.78, 5) is 42.9. The molecule has 36 heavy (non-hydrogen) atoms. The second-order valence-corrected chi connectivity index (χ2v) is 9.08. The SMILES string of the molecule is CN(CC(O)Cc1ccccc1)C(=O)C(=O)N1CCN(c2cnn(-c3ccccc3)c(=O)c2Cl)CC1. The smallest absolute Gasteiger partial charge is 0.312 e. The van der Waals surface area contributed by atoms with Gasteiger partial charge in [-0.15, -0.1) is 0 Å². The Bertz CT molecular complexity index is 1260. The van der Waals surface area contributed by atoms with Gasteiger partial charge in [0.05, 0.1) is 23.7 Å². The monoisotopic (exact) mass is 509 g/mol. The molecule has 1 aliphatic rings. The summed E-state index contributed by atoms with van der Waals surface area (Å²) >= 11 is 6.40. The van der Waals surface area contributed by atoms with E-state index in [0.29, 0.717) is 44.0 Å². The summed E-state index contributed by atoms with van der Waals surface area (Å²) in [6.07, 6.45) is 1.16. The number of hydrogen-bond donors (Lipinski definition) is 1. The van der Waals surface area contributed by atoms with Crippen LogP contribution in [0.15, 0.2) is 71.7 Å². The van der Waals surface area contributed by atoms with E-state index in [1.807, 2.05) is 53.4 Å². The largest absolute Gasteiger partial charge is 0.391 e. The van der Waals surface area contributed by atoms with Crippen LogP contribution >= 0.6 is 11.6 Å². The van der Waals surface area contributed by atoms with E-state index < -0.39 is 23.5 Å². The zero-order valence-corrected chi connectivity index (χ0v) is 20.7. The number of para-hydroxylation sites is 1. The molecule has 188 valence electrons. The highest BCUT2D eigenvalue weighted by molar-refractivity contribution is 6.35. The first-order valence-corrected chi connectivity index (χ1v) is 12.1. The Hall–Kier alpha value is -3.69. The molecule has 4 rings (SSSR count). The minimum Gasteiger partial charge on any atom is -0.391 e. The molecule has 1 atom stereocenters. The average Bonchev–Trinajstić information content (AvgIpc) is 2.90. The van der Waals surface area contributed by atoms with Crippen molar-refractivity contribution in [1.29, 1.82) is 0 Å². The molecule has 1 aliphatic heterocycles. The van der Waals surface area contributed by atoms with Gasteiger partial charge in [-0.05, 0) is 17.7 Å². The van der Waals surface area contributed by atoms with Crippen molar-refractivity contribution < 1.29 is 14.7 Å². The second-order valence-electron chi connectivity index (χ2n) is 8.70. The summed E-state index contributed by atoms with van der Waals surface area (Å²) in [7, 11) is 1.51. The number of aliphatic hydroxyl groups excluding tert-OH is 1. The average molecular weight is 510 g/mol. The minimum absolute atomic E-state index is 0.0526. The third-order valence-electron chi connectivity index (χ3n) is 6.14. The van der Waals surface area contributed by atoms with Crippen molar-refractivity contribution in [2.45, 2.75) is 12.5 Å². The van der Waals surface area contributed by atoms with Gasteiger partial charge in [0.2, 0.25) is 0 Å². The molecule has 10 heteroatoms. The molecule has 0 bridgehead atoms. The molecular formula is C26H28ClN5O4. The summed E-state index contributed by atoms with van der Waals surface area (Å²) in [5.41, 5.74) is 1.64. The predicted molar refractivity (Wildman–Crippen MR) is 137 cm³/mol. The maximum atomic E-state index is 12.8. The Morgan fingerprint density at radius 3 is 2.28 bits per heavy atom. The van der Waals surface area contributed by atoms with Gasteiger partial charge in [-0.25, -0.2) is 0 Å². The van der Waals surface area contributed by atoms with E-state index in [2.05, 4.69) is 5.10 Å². The molecule has 2 amide bonds. The number of carbonyl (C=O) groups excluding carboxylic acids is 2. The van der Waals surface area contributed by atoms with E-state index in [4.69, 9.17) is 11.6 Å². The number of halogens is 1. The van der Waals surface area contributed by atoms with Crippen LogP contribution in [0.1, 0.15) is 5.56 Å². The van der Waals surface area contributed by atoms with Gasteiger partial charge in [0.15, 0.2) is 0 Å². The van der Waals surface area contributed by atoms with Gasteiger partial charge >= 0.3 is 11.8 Å². The standard InChI is InChI=1S/C26H28ClN5O4/c1-29(18-21(33)16-19-8-4-2-5-9-19)25(35)26(36)31-14-12-30(13-15-31)22-17-28-32(24(34)23(22)27)20-10-6-3-7-11-20/h2-11,17,21,33H,12-16,18H2,1H3. The number of nitrogens with zero attached hydrogens (tertiary/aromatic N) is 5. The molecule has 0 aliphatic carbocycles. The fourth-order valence-corrected chi connectivity index (χ4v) is 4.44.